The fraction of sp³-hybridized carbons (Fsp3) is 0.150. The van der Waals surface area contributed by atoms with Gasteiger partial charge in [-0.15, -0.1) is 0 Å². The minimum absolute atomic E-state index is 0.185. The van der Waals surface area contributed by atoms with Gasteiger partial charge in [0, 0.05) is 17.0 Å². The molecule has 2 aliphatic rings. The molecule has 0 saturated carbocycles. The lowest BCUT2D eigenvalue weighted by atomic mass is 10.0. The Morgan fingerprint density at radius 3 is 2.75 bits per heavy atom. The van der Waals surface area contributed by atoms with E-state index in [4.69, 9.17) is 0 Å². The number of phenols is 1. The van der Waals surface area contributed by atoms with Gasteiger partial charge in [-0.05, 0) is 30.3 Å². The molecule has 8 heteroatoms. The Balaban J connectivity index is 1.79. The van der Waals surface area contributed by atoms with Crippen LogP contribution < -0.4 is 5.43 Å². The van der Waals surface area contributed by atoms with Crippen LogP contribution in [0.1, 0.15) is 15.9 Å². The number of carbonyl (C=O) groups is 1. The van der Waals surface area contributed by atoms with E-state index in [0.29, 0.717) is 17.8 Å². The van der Waals surface area contributed by atoms with Crippen molar-refractivity contribution < 1.29 is 15.0 Å². The molecular formula is C20H16N4O3S. The number of hydrazine groups is 1. The molecule has 7 nitrogen and oxygen atoms in total. The number of carboxylic acids is 1. The zero-order valence-corrected chi connectivity index (χ0v) is 15.4. The zero-order chi connectivity index (χ0) is 19.7. The number of aromatic carboxylic acids is 1. The summed E-state index contributed by atoms with van der Waals surface area (Å²) >= 11 is 1.50. The number of hydrogen-bond acceptors (Lipinski definition) is 7. The van der Waals surface area contributed by atoms with Crippen molar-refractivity contribution in [2.24, 2.45) is 10.9 Å². The van der Waals surface area contributed by atoms with Gasteiger partial charge in [0.2, 0.25) is 0 Å². The van der Waals surface area contributed by atoms with Gasteiger partial charge in [-0.1, -0.05) is 36.0 Å². The lowest BCUT2D eigenvalue weighted by Gasteiger charge is -2.30. The van der Waals surface area contributed by atoms with Crippen molar-refractivity contribution in [1.29, 1.82) is 5.26 Å². The van der Waals surface area contributed by atoms with Crippen LogP contribution in [0.5, 0.6) is 5.75 Å². The van der Waals surface area contributed by atoms with E-state index in [1.54, 1.807) is 18.2 Å². The van der Waals surface area contributed by atoms with E-state index in [1.165, 1.54) is 17.8 Å². The Bertz CT molecular complexity index is 1030. The summed E-state index contributed by atoms with van der Waals surface area (Å²) in [7, 11) is 0. The van der Waals surface area contributed by atoms with E-state index < -0.39 is 12.1 Å². The normalized spacial score (nSPS) is 20.8. The van der Waals surface area contributed by atoms with E-state index in [0.717, 1.165) is 9.92 Å². The predicted molar refractivity (Wildman–Crippen MR) is 105 cm³/mol. The Hall–Kier alpha value is -3.28. The van der Waals surface area contributed by atoms with Crippen LogP contribution in [0.3, 0.4) is 0 Å². The van der Waals surface area contributed by atoms with Crippen molar-refractivity contribution in [2.75, 3.05) is 6.54 Å². The SMILES string of the molecule is N#CC1CNN2C(Sc3ccccc3)=CC(c3cccc(C(=O)O)c3O)=NC12. The number of benzene rings is 2. The molecule has 1 saturated heterocycles. The molecule has 0 aromatic heterocycles. The highest BCUT2D eigenvalue weighted by Gasteiger charge is 2.38. The maximum Gasteiger partial charge on any atom is 0.339 e. The summed E-state index contributed by atoms with van der Waals surface area (Å²) < 4.78 is 0. The van der Waals surface area contributed by atoms with Gasteiger partial charge in [0.25, 0.3) is 0 Å². The molecule has 0 amide bonds. The maximum absolute atomic E-state index is 11.4. The number of nitrogens with zero attached hydrogens (tertiary/aromatic N) is 3. The van der Waals surface area contributed by atoms with Crippen LogP contribution in [0.2, 0.25) is 0 Å². The van der Waals surface area contributed by atoms with Crippen LogP contribution in [0.4, 0.5) is 0 Å². The predicted octanol–water partition coefficient (Wildman–Crippen LogP) is 2.81. The standard InChI is InChI=1S/C20H16N4O3S/c21-10-12-11-22-24-17(28-13-5-2-1-3-6-13)9-16(23-19(12)24)14-7-4-8-15(18(14)25)20(26)27/h1-9,12,19,22,25H,11H2,(H,26,27). The molecule has 28 heavy (non-hydrogen) atoms. The quantitative estimate of drug-likeness (QED) is 0.734. The number of nitriles is 1. The van der Waals surface area contributed by atoms with Gasteiger partial charge < -0.3 is 10.2 Å². The lowest BCUT2D eigenvalue weighted by Crippen LogP contribution is -2.38. The second-order valence-corrected chi connectivity index (χ2v) is 7.39. The molecule has 3 N–H and O–H groups in total. The van der Waals surface area contributed by atoms with E-state index >= 15 is 0 Å². The average Bonchev–Trinajstić information content (AvgIpc) is 3.12. The summed E-state index contributed by atoms with van der Waals surface area (Å²) in [6.07, 6.45) is 1.34. The molecule has 2 aromatic rings. The van der Waals surface area contributed by atoms with Gasteiger partial charge >= 0.3 is 5.97 Å². The van der Waals surface area contributed by atoms with Crippen LogP contribution in [0.25, 0.3) is 0 Å². The number of thioether (sulfide) groups is 1. The summed E-state index contributed by atoms with van der Waals surface area (Å²) in [5.74, 6) is -1.90. The summed E-state index contributed by atoms with van der Waals surface area (Å²) in [5.41, 5.74) is 3.80. The molecule has 0 spiro atoms. The molecule has 4 rings (SSSR count). The van der Waals surface area contributed by atoms with Gasteiger partial charge in [0.05, 0.1) is 16.8 Å². The maximum atomic E-state index is 11.4. The van der Waals surface area contributed by atoms with E-state index in [-0.39, 0.29) is 17.2 Å². The third kappa shape index (κ3) is 3.22. The largest absolute Gasteiger partial charge is 0.506 e. The van der Waals surface area contributed by atoms with Gasteiger partial charge in [0.1, 0.15) is 17.2 Å². The van der Waals surface area contributed by atoms with Crippen LogP contribution in [0, 0.1) is 17.2 Å². The van der Waals surface area contributed by atoms with E-state index in [9.17, 15) is 20.3 Å². The van der Waals surface area contributed by atoms with Crippen LogP contribution in [-0.2, 0) is 0 Å². The fourth-order valence-electron chi connectivity index (χ4n) is 3.17. The highest BCUT2D eigenvalue weighted by atomic mass is 32.2. The minimum atomic E-state index is -1.21. The number of rotatable bonds is 4. The first-order valence-electron chi connectivity index (χ1n) is 8.59. The van der Waals surface area contributed by atoms with Crippen molar-refractivity contribution in [3.8, 4) is 11.8 Å². The Morgan fingerprint density at radius 2 is 2.04 bits per heavy atom. The van der Waals surface area contributed by atoms with Crippen LogP contribution in [-0.4, -0.2) is 39.6 Å². The average molecular weight is 392 g/mol. The van der Waals surface area contributed by atoms with Gasteiger partial charge in [0.15, 0.2) is 6.17 Å². The molecule has 2 heterocycles. The summed E-state index contributed by atoms with van der Waals surface area (Å²) in [5, 5.41) is 31.9. The van der Waals surface area contributed by atoms with E-state index in [2.05, 4.69) is 16.5 Å². The molecular weight excluding hydrogens is 376 g/mol. The van der Waals surface area contributed by atoms with Crippen molar-refractivity contribution in [1.82, 2.24) is 10.4 Å². The number of para-hydroxylation sites is 1. The summed E-state index contributed by atoms with van der Waals surface area (Å²) in [6.45, 7) is 0.464. The molecule has 2 aromatic carbocycles. The van der Waals surface area contributed by atoms with Crippen molar-refractivity contribution in [3.05, 3.63) is 70.8 Å². The van der Waals surface area contributed by atoms with Gasteiger partial charge in [-0.3, -0.25) is 10.0 Å². The van der Waals surface area contributed by atoms with Crippen LogP contribution >= 0.6 is 11.8 Å². The third-order valence-corrected chi connectivity index (χ3v) is 5.58. The Kier molecular flexibility index (Phi) is 4.77. The summed E-state index contributed by atoms with van der Waals surface area (Å²) in [6, 6.07) is 16.6. The van der Waals surface area contributed by atoms with Gasteiger partial charge in [-0.2, -0.15) is 5.26 Å². The minimum Gasteiger partial charge on any atom is -0.506 e. The molecule has 2 unspecified atom stereocenters. The highest BCUT2D eigenvalue weighted by molar-refractivity contribution is 8.03. The molecule has 140 valence electrons. The number of aliphatic imine (C=N–C) groups is 1. The monoisotopic (exact) mass is 392 g/mol. The second-order valence-electron chi connectivity index (χ2n) is 6.30. The molecule has 1 fully saturated rings. The number of hydrogen-bond donors (Lipinski definition) is 3. The second kappa shape index (κ2) is 7.38. The van der Waals surface area contributed by atoms with Crippen molar-refractivity contribution in [3.63, 3.8) is 0 Å². The molecule has 0 radical (unpaired) electrons. The Labute approximate surface area is 165 Å². The molecule has 2 atom stereocenters. The first-order valence-corrected chi connectivity index (χ1v) is 9.40. The fourth-order valence-corrected chi connectivity index (χ4v) is 4.14. The third-order valence-electron chi connectivity index (χ3n) is 4.55. The lowest BCUT2D eigenvalue weighted by molar-refractivity contribution is 0.0693. The number of nitrogens with one attached hydrogen (secondary N) is 1. The zero-order valence-electron chi connectivity index (χ0n) is 14.6. The number of carboxylic acid groups (broad SMARTS) is 1. The number of aromatic hydroxyl groups is 1. The van der Waals surface area contributed by atoms with Gasteiger partial charge in [-0.25, -0.2) is 10.2 Å². The first-order chi connectivity index (χ1) is 13.6. The highest BCUT2D eigenvalue weighted by Crippen LogP contribution is 2.37. The molecule has 0 aliphatic carbocycles. The van der Waals surface area contributed by atoms with E-state index in [1.807, 2.05) is 35.3 Å². The van der Waals surface area contributed by atoms with Crippen LogP contribution in [0.15, 0.2) is 69.5 Å². The number of allylic oxidation sites excluding steroid dienone is 1. The molecule has 0 bridgehead atoms. The smallest absolute Gasteiger partial charge is 0.339 e. The molecule has 2 aliphatic heterocycles. The van der Waals surface area contributed by atoms with Crippen molar-refractivity contribution >= 4 is 23.4 Å². The Morgan fingerprint density at radius 1 is 1.25 bits per heavy atom. The number of fused-ring (bicyclic) bond motifs is 1. The summed E-state index contributed by atoms with van der Waals surface area (Å²) in [4.78, 5) is 17.0. The topological polar surface area (TPSA) is 109 Å². The first kappa shape index (κ1) is 18.1. The van der Waals surface area contributed by atoms with Crippen molar-refractivity contribution in [2.45, 2.75) is 11.1 Å².